The van der Waals surface area contributed by atoms with E-state index in [0.717, 1.165) is 18.7 Å². The normalized spacial score (nSPS) is 17.8. The minimum atomic E-state index is -0.296. The van der Waals surface area contributed by atoms with Crippen LogP contribution < -0.4 is 5.56 Å². The van der Waals surface area contributed by atoms with Gasteiger partial charge in [0.15, 0.2) is 5.82 Å². The molecule has 3 rings (SSSR count). The van der Waals surface area contributed by atoms with Crippen LogP contribution in [-0.2, 0) is 5.41 Å². The van der Waals surface area contributed by atoms with Crippen molar-refractivity contribution >= 4 is 5.78 Å². The van der Waals surface area contributed by atoms with Crippen LogP contribution in [-0.4, -0.2) is 24.8 Å². The average Bonchev–Trinajstić information content (AvgIpc) is 2.80. The van der Waals surface area contributed by atoms with Crippen LogP contribution in [0, 0.1) is 0 Å². The van der Waals surface area contributed by atoms with Crippen molar-refractivity contribution in [2.45, 2.75) is 64.2 Å². The number of hydrogen-bond acceptors (Lipinski definition) is 4. The van der Waals surface area contributed by atoms with Gasteiger partial charge in [-0.1, -0.05) is 40.0 Å². The Bertz CT molecular complexity index is 673. The molecular formula is C14H21N5O. The van der Waals surface area contributed by atoms with Crippen LogP contribution >= 0.6 is 0 Å². The minimum Gasteiger partial charge on any atom is -0.288 e. The van der Waals surface area contributed by atoms with Crippen LogP contribution in [0.15, 0.2) is 4.79 Å². The van der Waals surface area contributed by atoms with E-state index in [1.165, 1.54) is 19.3 Å². The summed E-state index contributed by atoms with van der Waals surface area (Å²) in [6.45, 7) is 5.96. The van der Waals surface area contributed by atoms with Crippen LogP contribution in [0.4, 0.5) is 0 Å². The first kappa shape index (κ1) is 13.3. The summed E-state index contributed by atoms with van der Waals surface area (Å²) < 4.78 is 1.73. The van der Waals surface area contributed by atoms with Crippen molar-refractivity contribution in [2.24, 2.45) is 0 Å². The molecule has 1 aliphatic carbocycles. The molecule has 1 saturated carbocycles. The Morgan fingerprint density at radius 1 is 1.15 bits per heavy atom. The molecule has 0 unspecified atom stereocenters. The van der Waals surface area contributed by atoms with E-state index >= 15 is 0 Å². The zero-order chi connectivity index (χ0) is 14.3. The maximum absolute atomic E-state index is 12.1. The molecule has 0 radical (unpaired) electrons. The Hall–Kier alpha value is -1.72. The lowest BCUT2D eigenvalue weighted by Gasteiger charge is -2.20. The maximum Gasteiger partial charge on any atom is 0.274 e. The van der Waals surface area contributed by atoms with Gasteiger partial charge in [-0.3, -0.25) is 9.78 Å². The van der Waals surface area contributed by atoms with Crippen molar-refractivity contribution in [2.75, 3.05) is 0 Å². The largest absolute Gasteiger partial charge is 0.288 e. The average molecular weight is 275 g/mol. The lowest BCUT2D eigenvalue weighted by atomic mass is 9.89. The van der Waals surface area contributed by atoms with Crippen molar-refractivity contribution in [1.82, 2.24) is 24.8 Å². The number of aromatic nitrogens is 5. The van der Waals surface area contributed by atoms with Gasteiger partial charge < -0.3 is 0 Å². The molecule has 6 heteroatoms. The van der Waals surface area contributed by atoms with E-state index in [0.29, 0.717) is 17.4 Å². The predicted octanol–water partition coefficient (Wildman–Crippen LogP) is 2.16. The molecule has 1 aliphatic rings. The monoisotopic (exact) mass is 275 g/mol. The van der Waals surface area contributed by atoms with Crippen LogP contribution in [0.3, 0.4) is 0 Å². The van der Waals surface area contributed by atoms with Crippen LogP contribution in [0.2, 0.25) is 0 Å². The summed E-state index contributed by atoms with van der Waals surface area (Å²) in [6.07, 6.45) is 6.02. The molecule has 0 aliphatic heterocycles. The molecule has 0 bridgehead atoms. The first-order valence-corrected chi connectivity index (χ1v) is 7.33. The second kappa shape index (κ2) is 4.68. The molecule has 0 atom stereocenters. The van der Waals surface area contributed by atoms with Gasteiger partial charge in [0.1, 0.15) is 5.69 Å². The summed E-state index contributed by atoms with van der Waals surface area (Å²) in [7, 11) is 0. The third-order valence-electron chi connectivity index (χ3n) is 3.99. The Balaban J connectivity index is 2.13. The summed E-state index contributed by atoms with van der Waals surface area (Å²) in [4.78, 5) is 14.9. The quantitative estimate of drug-likeness (QED) is 0.865. The highest BCUT2D eigenvalue weighted by Gasteiger charge is 2.25. The highest BCUT2D eigenvalue weighted by Crippen LogP contribution is 2.31. The SMILES string of the molecule is CC(C)(C)c1nn2c(C3CCCCC3)nnc2[nH]c1=O. The van der Waals surface area contributed by atoms with E-state index in [1.54, 1.807) is 4.52 Å². The van der Waals surface area contributed by atoms with Gasteiger partial charge in [0, 0.05) is 11.3 Å². The predicted molar refractivity (Wildman–Crippen MR) is 75.9 cm³/mol. The smallest absolute Gasteiger partial charge is 0.274 e. The van der Waals surface area contributed by atoms with Gasteiger partial charge in [-0.05, 0) is 12.8 Å². The molecule has 0 amide bonds. The standard InChI is InChI=1S/C14H21N5O/c1-14(2,3)10-12(20)15-13-17-16-11(19(13)18-10)9-7-5-4-6-8-9/h9H,4-8H2,1-3H3,(H,15,17,20). The molecule has 1 fully saturated rings. The summed E-state index contributed by atoms with van der Waals surface area (Å²) >= 11 is 0. The number of hydrogen-bond donors (Lipinski definition) is 1. The van der Waals surface area contributed by atoms with Gasteiger partial charge in [-0.15, -0.1) is 10.2 Å². The topological polar surface area (TPSA) is 75.9 Å². The summed E-state index contributed by atoms with van der Waals surface area (Å²) in [5, 5.41) is 12.9. The Morgan fingerprint density at radius 3 is 2.50 bits per heavy atom. The molecule has 2 aromatic rings. The second-order valence-electron chi connectivity index (χ2n) is 6.68. The van der Waals surface area contributed by atoms with E-state index in [2.05, 4.69) is 20.3 Å². The van der Waals surface area contributed by atoms with Crippen molar-refractivity contribution in [3.63, 3.8) is 0 Å². The molecule has 108 valence electrons. The van der Waals surface area contributed by atoms with Crippen LogP contribution in [0.5, 0.6) is 0 Å². The number of H-pyrrole nitrogens is 1. The molecule has 2 heterocycles. The van der Waals surface area contributed by atoms with Crippen LogP contribution in [0.1, 0.15) is 70.3 Å². The molecule has 2 aromatic heterocycles. The van der Waals surface area contributed by atoms with Crippen molar-refractivity contribution in [1.29, 1.82) is 0 Å². The molecule has 0 aromatic carbocycles. The van der Waals surface area contributed by atoms with Crippen LogP contribution in [0.25, 0.3) is 5.78 Å². The molecule has 0 spiro atoms. The Morgan fingerprint density at radius 2 is 1.85 bits per heavy atom. The third kappa shape index (κ3) is 2.23. The highest BCUT2D eigenvalue weighted by molar-refractivity contribution is 5.27. The second-order valence-corrected chi connectivity index (χ2v) is 6.68. The minimum absolute atomic E-state index is 0.174. The number of aromatic amines is 1. The van der Waals surface area contributed by atoms with Gasteiger partial charge in [-0.2, -0.15) is 9.61 Å². The number of fused-ring (bicyclic) bond motifs is 1. The fourth-order valence-electron chi connectivity index (χ4n) is 2.88. The van der Waals surface area contributed by atoms with E-state index in [1.807, 2.05) is 20.8 Å². The van der Waals surface area contributed by atoms with E-state index in [4.69, 9.17) is 0 Å². The molecule has 1 N–H and O–H groups in total. The summed E-state index contributed by atoms with van der Waals surface area (Å²) in [6, 6.07) is 0. The first-order valence-electron chi connectivity index (χ1n) is 7.33. The molecule has 0 saturated heterocycles. The van der Waals surface area contributed by atoms with Gasteiger partial charge in [0.05, 0.1) is 0 Å². The zero-order valence-corrected chi connectivity index (χ0v) is 12.3. The third-order valence-corrected chi connectivity index (χ3v) is 3.99. The molecule has 6 nitrogen and oxygen atoms in total. The van der Waals surface area contributed by atoms with E-state index < -0.39 is 0 Å². The van der Waals surface area contributed by atoms with Crippen molar-refractivity contribution in [3.8, 4) is 0 Å². The fraction of sp³-hybridized carbons (Fsp3) is 0.714. The Kier molecular flexibility index (Phi) is 3.11. The summed E-state index contributed by atoms with van der Waals surface area (Å²) in [5.41, 5.74) is 0.0602. The number of nitrogens with one attached hydrogen (secondary N) is 1. The fourth-order valence-corrected chi connectivity index (χ4v) is 2.88. The van der Waals surface area contributed by atoms with Crippen molar-refractivity contribution < 1.29 is 0 Å². The molecular weight excluding hydrogens is 254 g/mol. The lowest BCUT2D eigenvalue weighted by Crippen LogP contribution is -2.29. The van der Waals surface area contributed by atoms with E-state index in [9.17, 15) is 4.79 Å². The number of rotatable bonds is 1. The van der Waals surface area contributed by atoms with Gasteiger partial charge >= 0.3 is 0 Å². The first-order chi connectivity index (χ1) is 9.47. The summed E-state index contributed by atoms with van der Waals surface area (Å²) in [5.74, 6) is 1.75. The molecule has 20 heavy (non-hydrogen) atoms. The number of nitrogens with zero attached hydrogens (tertiary/aromatic N) is 4. The Labute approximate surface area is 117 Å². The van der Waals surface area contributed by atoms with Crippen molar-refractivity contribution in [3.05, 3.63) is 21.9 Å². The maximum atomic E-state index is 12.1. The lowest BCUT2D eigenvalue weighted by molar-refractivity contribution is 0.420. The van der Waals surface area contributed by atoms with E-state index in [-0.39, 0.29) is 11.0 Å². The highest BCUT2D eigenvalue weighted by atomic mass is 16.1. The zero-order valence-electron chi connectivity index (χ0n) is 12.3. The van der Waals surface area contributed by atoms with Gasteiger partial charge in [-0.25, -0.2) is 0 Å². The van der Waals surface area contributed by atoms with Gasteiger partial charge in [0.25, 0.3) is 11.3 Å². The van der Waals surface area contributed by atoms with Gasteiger partial charge in [0.2, 0.25) is 0 Å².